The van der Waals surface area contributed by atoms with Crippen molar-refractivity contribution in [1.82, 2.24) is 0 Å². The molecule has 0 aliphatic rings. The van der Waals surface area contributed by atoms with Crippen molar-refractivity contribution >= 4 is 20.4 Å². The molecule has 4 heteroatoms. The van der Waals surface area contributed by atoms with Crippen LogP contribution in [0.3, 0.4) is 0 Å². The molecule has 84 valence electrons. The monoisotopic (exact) mass is 338 g/mol. The molecule has 1 nitrogen and oxygen atoms in total. The van der Waals surface area contributed by atoms with E-state index in [4.69, 9.17) is 4.74 Å². The number of ether oxygens (including phenoxy) is 1. The zero-order valence-corrected chi connectivity index (χ0v) is 11.0. The number of rotatable bonds is 3. The van der Waals surface area contributed by atoms with Crippen molar-refractivity contribution in [1.29, 1.82) is 0 Å². The first-order chi connectivity index (χ1) is 7.74. The van der Waals surface area contributed by atoms with Crippen LogP contribution in [0.2, 0.25) is 0 Å². The molecule has 0 amide bonds. The van der Waals surface area contributed by atoms with Gasteiger partial charge in [0.2, 0.25) is 0 Å². The van der Waals surface area contributed by atoms with Gasteiger partial charge in [-0.05, 0) is 0 Å². The van der Waals surface area contributed by atoms with E-state index in [2.05, 4.69) is 0 Å². The van der Waals surface area contributed by atoms with Crippen LogP contribution in [0.25, 0.3) is 9.14 Å². The molecule has 0 bridgehead atoms. The van der Waals surface area contributed by atoms with Crippen LogP contribution in [-0.2, 0) is 0 Å². The second-order valence-corrected chi connectivity index (χ2v) is 5.85. The molecule has 16 heavy (non-hydrogen) atoms. The quantitative estimate of drug-likeness (QED) is 0.783. The van der Waals surface area contributed by atoms with Crippen molar-refractivity contribution in [2.45, 2.75) is 6.92 Å². The fourth-order valence-corrected chi connectivity index (χ4v) is 3.55. The van der Waals surface area contributed by atoms with Gasteiger partial charge >= 0.3 is 102 Å². The van der Waals surface area contributed by atoms with Crippen molar-refractivity contribution in [3.8, 4) is 14.9 Å². The van der Waals surface area contributed by atoms with E-state index in [1.165, 1.54) is 6.07 Å². The summed E-state index contributed by atoms with van der Waals surface area (Å²) in [5.41, 5.74) is 0.369. The van der Waals surface area contributed by atoms with Gasteiger partial charge < -0.3 is 0 Å². The van der Waals surface area contributed by atoms with Crippen molar-refractivity contribution in [2.75, 3.05) is 6.61 Å². The first-order valence-electron chi connectivity index (χ1n) is 4.88. The molecule has 0 saturated heterocycles. The molecule has 0 atom stereocenters. The Morgan fingerprint density at radius 2 is 2.00 bits per heavy atom. The third-order valence-corrected chi connectivity index (χ3v) is 4.71. The van der Waals surface area contributed by atoms with Crippen LogP contribution in [0.15, 0.2) is 28.3 Å². The van der Waals surface area contributed by atoms with Crippen LogP contribution in [0.4, 0.5) is 8.78 Å². The predicted molar refractivity (Wildman–Crippen MR) is 59.9 cm³/mol. The molecule has 1 aromatic carbocycles. The van der Waals surface area contributed by atoms with Crippen molar-refractivity contribution in [2.24, 2.45) is 0 Å². The molecular weight excluding hydrogens is 326 g/mol. The average Bonchev–Trinajstić information content (AvgIpc) is 2.79. The number of hydrogen-bond donors (Lipinski definition) is 0. The fourth-order valence-electron chi connectivity index (χ4n) is 1.42. The molecule has 0 N–H and O–H groups in total. The molecule has 1 aromatic heterocycles. The van der Waals surface area contributed by atoms with Gasteiger partial charge in [-0.15, -0.1) is 0 Å². The van der Waals surface area contributed by atoms with Gasteiger partial charge in [0.1, 0.15) is 0 Å². The van der Waals surface area contributed by atoms with Gasteiger partial charge in [0.15, 0.2) is 0 Å². The Kier molecular flexibility index (Phi) is 3.62. The fraction of sp³-hybridized carbons (Fsp3) is 0.167. The summed E-state index contributed by atoms with van der Waals surface area (Å²) in [5.74, 6) is -1.71. The summed E-state index contributed by atoms with van der Waals surface area (Å²) in [4.78, 5) is 0. The van der Waals surface area contributed by atoms with Gasteiger partial charge in [-0.3, -0.25) is 0 Å². The van der Waals surface area contributed by atoms with Crippen LogP contribution < -0.4 is 4.74 Å². The predicted octanol–water partition coefficient (Wildman–Crippen LogP) is 3.09. The summed E-state index contributed by atoms with van der Waals surface area (Å²) in [5, 5.41) is 0. The Morgan fingerprint density at radius 1 is 1.19 bits per heavy atom. The summed E-state index contributed by atoms with van der Waals surface area (Å²) in [7, 11) is 0. The summed E-state index contributed by atoms with van der Waals surface area (Å²) in [6.07, 6.45) is 0. The van der Waals surface area contributed by atoms with E-state index in [9.17, 15) is 8.78 Å². The average molecular weight is 336 g/mol. The third-order valence-electron chi connectivity index (χ3n) is 2.13. The van der Waals surface area contributed by atoms with Gasteiger partial charge in [-0.25, -0.2) is 0 Å². The Hall–Kier alpha value is -0.850. The third kappa shape index (κ3) is 2.14. The maximum absolute atomic E-state index is 13.7. The molecular formula is C12H10F2OTe. The number of halogens is 2. The normalized spacial score (nSPS) is 10.4. The SMILES string of the molecule is CCOc1ccc(-c2ccc[te]2)c(F)c1F. The minimum atomic E-state index is -0.889. The summed E-state index contributed by atoms with van der Waals surface area (Å²) in [6, 6.07) is 6.82. The Balaban J connectivity index is 2.47. The standard InChI is InChI=1S/C12H10F2OTe/c1-2-15-9-6-5-8(11(13)12(9)14)10-4-3-7-16-10/h3-7H,2H2,1H3. The molecule has 0 saturated carbocycles. The Labute approximate surface area is 102 Å². The van der Waals surface area contributed by atoms with Gasteiger partial charge in [0, 0.05) is 0 Å². The molecule has 2 rings (SSSR count). The molecule has 0 unspecified atom stereocenters. The first kappa shape index (κ1) is 11.6. The first-order valence-corrected chi connectivity index (χ1v) is 7.39. The Bertz CT molecular complexity index is 480. The molecule has 1 heterocycles. The van der Waals surface area contributed by atoms with Crippen molar-refractivity contribution in [3.63, 3.8) is 0 Å². The number of benzene rings is 1. The van der Waals surface area contributed by atoms with E-state index in [0.29, 0.717) is 12.2 Å². The van der Waals surface area contributed by atoms with Crippen LogP contribution in [-0.4, -0.2) is 27.0 Å². The molecule has 0 radical (unpaired) electrons. The zero-order valence-electron chi connectivity index (χ0n) is 8.67. The number of hydrogen-bond acceptors (Lipinski definition) is 1. The molecule has 0 aliphatic heterocycles. The summed E-state index contributed by atoms with van der Waals surface area (Å²) < 4.78 is 35.3. The van der Waals surface area contributed by atoms with E-state index >= 15 is 0 Å². The second-order valence-electron chi connectivity index (χ2n) is 3.15. The minimum absolute atomic E-state index is 0.0177. The molecule has 0 fully saturated rings. The van der Waals surface area contributed by atoms with E-state index < -0.39 is 32.1 Å². The molecule has 0 spiro atoms. The van der Waals surface area contributed by atoms with E-state index in [1.54, 1.807) is 13.0 Å². The maximum atomic E-state index is 13.7. The van der Waals surface area contributed by atoms with Gasteiger partial charge in [-0.2, -0.15) is 0 Å². The van der Waals surface area contributed by atoms with Crippen LogP contribution in [0.5, 0.6) is 5.75 Å². The summed E-state index contributed by atoms with van der Waals surface area (Å²) >= 11 is -0.492. The van der Waals surface area contributed by atoms with E-state index in [0.717, 1.165) is 3.58 Å². The van der Waals surface area contributed by atoms with Crippen LogP contribution >= 0.6 is 0 Å². The van der Waals surface area contributed by atoms with E-state index in [1.807, 2.05) is 16.2 Å². The van der Waals surface area contributed by atoms with Crippen molar-refractivity contribution < 1.29 is 13.5 Å². The topological polar surface area (TPSA) is 9.23 Å². The Morgan fingerprint density at radius 3 is 2.62 bits per heavy atom. The van der Waals surface area contributed by atoms with E-state index in [-0.39, 0.29) is 5.75 Å². The second kappa shape index (κ2) is 4.99. The summed E-state index contributed by atoms with van der Waals surface area (Å²) in [6.45, 7) is 2.06. The van der Waals surface area contributed by atoms with Gasteiger partial charge in [-0.1, -0.05) is 0 Å². The van der Waals surface area contributed by atoms with Gasteiger partial charge in [0.25, 0.3) is 0 Å². The van der Waals surface area contributed by atoms with Crippen LogP contribution in [0, 0.1) is 11.6 Å². The van der Waals surface area contributed by atoms with Crippen LogP contribution in [0.1, 0.15) is 6.92 Å². The molecule has 0 aliphatic carbocycles. The zero-order chi connectivity index (χ0) is 11.5. The molecule has 2 aromatic rings. The van der Waals surface area contributed by atoms with Crippen molar-refractivity contribution in [3.05, 3.63) is 40.0 Å². The van der Waals surface area contributed by atoms with Gasteiger partial charge in [0.05, 0.1) is 0 Å².